The molecule has 3 aromatic rings. The molecule has 0 aliphatic heterocycles. The highest BCUT2D eigenvalue weighted by atomic mass is 35.5. The number of amides is 1. The second-order valence-electron chi connectivity index (χ2n) is 5.24. The number of aromatic nitrogens is 1. The van der Waals surface area contributed by atoms with Gasteiger partial charge in [-0.05, 0) is 36.1 Å². The van der Waals surface area contributed by atoms with Crippen molar-refractivity contribution in [2.75, 3.05) is 11.6 Å². The molecule has 0 atom stereocenters. The molecule has 1 N–H and O–H groups in total. The summed E-state index contributed by atoms with van der Waals surface area (Å²) in [4.78, 5) is 17.8. The molecule has 0 bridgehead atoms. The molecular formula is C18H14Cl2N2OS2. The summed E-state index contributed by atoms with van der Waals surface area (Å²) in [5.41, 5.74) is 2.58. The van der Waals surface area contributed by atoms with Gasteiger partial charge in [-0.3, -0.25) is 4.79 Å². The van der Waals surface area contributed by atoms with Gasteiger partial charge in [-0.25, -0.2) is 4.98 Å². The van der Waals surface area contributed by atoms with Crippen molar-refractivity contribution in [1.29, 1.82) is 0 Å². The molecule has 25 heavy (non-hydrogen) atoms. The number of thioether (sulfide) groups is 1. The monoisotopic (exact) mass is 408 g/mol. The van der Waals surface area contributed by atoms with Gasteiger partial charge in [0, 0.05) is 15.8 Å². The maximum atomic E-state index is 12.2. The van der Waals surface area contributed by atoms with Crippen molar-refractivity contribution in [3.63, 3.8) is 0 Å². The van der Waals surface area contributed by atoms with Crippen molar-refractivity contribution in [2.24, 2.45) is 0 Å². The Bertz CT molecular complexity index is 894. The molecule has 0 unspecified atom stereocenters. The lowest BCUT2D eigenvalue weighted by atomic mass is 10.1. The number of nitrogens with one attached hydrogen (secondary N) is 1. The molecule has 3 rings (SSSR count). The summed E-state index contributed by atoms with van der Waals surface area (Å²) in [6.07, 6.45) is 2.34. The second-order valence-corrected chi connectivity index (χ2v) is 7.79. The zero-order chi connectivity index (χ0) is 17.8. The third-order valence-corrected chi connectivity index (χ3v) is 5.73. The van der Waals surface area contributed by atoms with E-state index in [-0.39, 0.29) is 5.91 Å². The van der Waals surface area contributed by atoms with Gasteiger partial charge in [-0.15, -0.1) is 23.1 Å². The summed E-state index contributed by atoms with van der Waals surface area (Å²) in [6, 6.07) is 13.3. The lowest BCUT2D eigenvalue weighted by Crippen LogP contribution is -2.14. The van der Waals surface area contributed by atoms with Crippen molar-refractivity contribution in [1.82, 2.24) is 4.98 Å². The Kier molecular flexibility index (Phi) is 6.02. The molecule has 0 aliphatic carbocycles. The van der Waals surface area contributed by atoms with E-state index >= 15 is 0 Å². The minimum absolute atomic E-state index is 0.0908. The third-order valence-electron chi connectivity index (χ3n) is 3.49. The van der Waals surface area contributed by atoms with Crippen LogP contribution in [0.5, 0.6) is 0 Å². The number of hydrogen-bond acceptors (Lipinski definition) is 4. The number of benzene rings is 2. The predicted octanol–water partition coefficient (Wildman–Crippen LogP) is 6.02. The van der Waals surface area contributed by atoms with Crippen LogP contribution in [0.3, 0.4) is 0 Å². The summed E-state index contributed by atoms with van der Waals surface area (Å²) in [5, 5.41) is 6.26. The van der Waals surface area contributed by atoms with Gasteiger partial charge in [0.15, 0.2) is 5.13 Å². The first-order valence-corrected chi connectivity index (χ1v) is 10.2. The number of anilines is 1. The minimum Gasteiger partial charge on any atom is -0.302 e. The van der Waals surface area contributed by atoms with Gasteiger partial charge in [0.25, 0.3) is 0 Å². The van der Waals surface area contributed by atoms with E-state index in [4.69, 9.17) is 23.2 Å². The Morgan fingerprint density at radius 3 is 2.60 bits per heavy atom. The SMILES string of the molecule is CSc1ccc(CC(=O)Nc2nc(-c3ccc(Cl)c(Cl)c3)cs2)cc1. The normalized spacial score (nSPS) is 10.7. The van der Waals surface area contributed by atoms with Crippen LogP contribution in [0.2, 0.25) is 10.0 Å². The standard InChI is InChI=1S/C18H14Cl2N2OS2/c1-24-13-5-2-11(3-6-13)8-17(23)22-18-21-16(10-25-18)12-4-7-14(19)15(20)9-12/h2-7,9-10H,8H2,1H3,(H,21,22,23). The van der Waals surface area contributed by atoms with E-state index < -0.39 is 0 Å². The van der Waals surface area contributed by atoms with Gasteiger partial charge in [-0.1, -0.05) is 41.4 Å². The van der Waals surface area contributed by atoms with Gasteiger partial charge in [0.2, 0.25) is 5.91 Å². The number of rotatable bonds is 5. The van der Waals surface area contributed by atoms with Crippen molar-refractivity contribution < 1.29 is 4.79 Å². The predicted molar refractivity (Wildman–Crippen MR) is 108 cm³/mol. The van der Waals surface area contributed by atoms with Gasteiger partial charge >= 0.3 is 0 Å². The zero-order valence-corrected chi connectivity index (χ0v) is 16.4. The fraction of sp³-hybridized carbons (Fsp3) is 0.111. The zero-order valence-electron chi connectivity index (χ0n) is 13.3. The highest BCUT2D eigenvalue weighted by Crippen LogP contribution is 2.30. The largest absolute Gasteiger partial charge is 0.302 e. The van der Waals surface area contributed by atoms with E-state index in [0.29, 0.717) is 21.6 Å². The lowest BCUT2D eigenvalue weighted by Gasteiger charge is -2.03. The van der Waals surface area contributed by atoms with Crippen LogP contribution in [-0.4, -0.2) is 17.1 Å². The Balaban J connectivity index is 1.65. The van der Waals surface area contributed by atoms with Gasteiger partial charge in [-0.2, -0.15) is 0 Å². The van der Waals surface area contributed by atoms with Gasteiger partial charge < -0.3 is 5.32 Å². The van der Waals surface area contributed by atoms with Gasteiger partial charge in [0.05, 0.1) is 22.2 Å². The number of carbonyl (C=O) groups is 1. The van der Waals surface area contributed by atoms with Crippen LogP contribution < -0.4 is 5.32 Å². The number of hydrogen-bond donors (Lipinski definition) is 1. The van der Waals surface area contributed by atoms with Crippen molar-refractivity contribution >= 4 is 57.3 Å². The Hall–Kier alpha value is -1.53. The van der Waals surface area contributed by atoms with E-state index in [1.165, 1.54) is 16.2 Å². The average Bonchev–Trinajstić information content (AvgIpc) is 3.06. The Morgan fingerprint density at radius 2 is 1.92 bits per heavy atom. The molecule has 0 saturated heterocycles. The van der Waals surface area contributed by atoms with Crippen LogP contribution in [0.1, 0.15) is 5.56 Å². The van der Waals surface area contributed by atoms with Crippen LogP contribution in [0.25, 0.3) is 11.3 Å². The van der Waals surface area contributed by atoms with Crippen LogP contribution in [0, 0.1) is 0 Å². The molecule has 0 spiro atoms. The molecule has 2 aromatic carbocycles. The fourth-order valence-corrected chi connectivity index (χ4v) is 3.65. The molecule has 1 amide bonds. The summed E-state index contributed by atoms with van der Waals surface area (Å²) in [6.45, 7) is 0. The minimum atomic E-state index is -0.0908. The fourth-order valence-electron chi connectivity index (χ4n) is 2.21. The van der Waals surface area contributed by atoms with E-state index in [2.05, 4.69) is 10.3 Å². The molecular weight excluding hydrogens is 395 g/mol. The van der Waals surface area contributed by atoms with Crippen molar-refractivity contribution in [3.05, 3.63) is 63.5 Å². The maximum Gasteiger partial charge on any atom is 0.230 e. The molecule has 128 valence electrons. The molecule has 0 radical (unpaired) electrons. The quantitative estimate of drug-likeness (QED) is 0.524. The molecule has 7 heteroatoms. The first kappa shape index (κ1) is 18.3. The van der Waals surface area contributed by atoms with Crippen molar-refractivity contribution in [2.45, 2.75) is 11.3 Å². The van der Waals surface area contributed by atoms with Crippen LogP contribution in [0.4, 0.5) is 5.13 Å². The van der Waals surface area contributed by atoms with E-state index in [1.54, 1.807) is 23.9 Å². The summed E-state index contributed by atoms with van der Waals surface area (Å²) in [5.74, 6) is -0.0908. The molecule has 0 aliphatic rings. The number of thiazole rings is 1. The molecule has 0 fully saturated rings. The maximum absolute atomic E-state index is 12.2. The van der Waals surface area contributed by atoms with E-state index in [0.717, 1.165) is 16.8 Å². The first-order chi connectivity index (χ1) is 12.0. The van der Waals surface area contributed by atoms with Gasteiger partial charge in [0.1, 0.15) is 0 Å². The topological polar surface area (TPSA) is 42.0 Å². The van der Waals surface area contributed by atoms with Crippen LogP contribution in [0.15, 0.2) is 52.7 Å². The number of halogens is 2. The van der Waals surface area contributed by atoms with Crippen molar-refractivity contribution in [3.8, 4) is 11.3 Å². The number of carbonyl (C=O) groups excluding carboxylic acids is 1. The van der Waals surface area contributed by atoms with Crippen LogP contribution >= 0.6 is 46.3 Å². The summed E-state index contributed by atoms with van der Waals surface area (Å²) < 4.78 is 0. The summed E-state index contributed by atoms with van der Waals surface area (Å²) >= 11 is 15.0. The third kappa shape index (κ3) is 4.76. The van der Waals surface area contributed by atoms with E-state index in [1.807, 2.05) is 42.0 Å². The summed E-state index contributed by atoms with van der Waals surface area (Å²) in [7, 11) is 0. The molecule has 0 saturated carbocycles. The molecule has 1 heterocycles. The first-order valence-electron chi connectivity index (χ1n) is 7.39. The second kappa shape index (κ2) is 8.23. The highest BCUT2D eigenvalue weighted by molar-refractivity contribution is 7.98. The van der Waals surface area contributed by atoms with E-state index in [9.17, 15) is 4.79 Å². The molecule has 1 aromatic heterocycles. The van der Waals surface area contributed by atoms with Crippen LogP contribution in [-0.2, 0) is 11.2 Å². The highest BCUT2D eigenvalue weighted by Gasteiger charge is 2.10. The lowest BCUT2D eigenvalue weighted by molar-refractivity contribution is -0.115. The Labute approximate surface area is 164 Å². The Morgan fingerprint density at radius 1 is 1.16 bits per heavy atom. The average molecular weight is 409 g/mol. The smallest absolute Gasteiger partial charge is 0.230 e. The number of nitrogens with zero attached hydrogens (tertiary/aromatic N) is 1. The molecule has 3 nitrogen and oxygen atoms in total.